The van der Waals surface area contributed by atoms with E-state index in [0.717, 1.165) is 18.5 Å². The van der Waals surface area contributed by atoms with Gasteiger partial charge in [-0.15, -0.1) is 0 Å². The van der Waals surface area contributed by atoms with E-state index >= 15 is 0 Å². The van der Waals surface area contributed by atoms with Crippen molar-refractivity contribution in [3.05, 3.63) is 35.4 Å². The lowest BCUT2D eigenvalue weighted by molar-refractivity contribution is 0.205. The average molecular weight is 235 g/mol. The van der Waals surface area contributed by atoms with Gasteiger partial charge in [0, 0.05) is 19.2 Å². The average Bonchev–Trinajstić information content (AvgIpc) is 2.84. The lowest BCUT2D eigenvalue weighted by Gasteiger charge is -2.19. The van der Waals surface area contributed by atoms with E-state index in [-0.39, 0.29) is 6.61 Å². The van der Waals surface area contributed by atoms with Crippen molar-refractivity contribution in [1.82, 2.24) is 5.32 Å². The minimum Gasteiger partial charge on any atom is -0.396 e. The third-order valence-electron chi connectivity index (χ3n) is 3.67. The molecular formula is C14H21NO2. The molecule has 2 unspecified atom stereocenters. The summed E-state index contributed by atoms with van der Waals surface area (Å²) < 4.78 is 0. The second-order valence-electron chi connectivity index (χ2n) is 4.84. The van der Waals surface area contributed by atoms with Gasteiger partial charge < -0.3 is 15.5 Å². The molecule has 3 N–H and O–H groups in total. The van der Waals surface area contributed by atoms with Crippen molar-refractivity contribution >= 4 is 0 Å². The van der Waals surface area contributed by atoms with E-state index in [0.29, 0.717) is 18.6 Å². The number of aliphatic hydroxyl groups excluding tert-OH is 2. The van der Waals surface area contributed by atoms with Gasteiger partial charge in [0.15, 0.2) is 0 Å². The van der Waals surface area contributed by atoms with Crippen LogP contribution in [0.2, 0.25) is 0 Å². The van der Waals surface area contributed by atoms with Crippen molar-refractivity contribution in [1.29, 1.82) is 0 Å². The summed E-state index contributed by atoms with van der Waals surface area (Å²) in [7, 11) is 0. The summed E-state index contributed by atoms with van der Waals surface area (Å²) in [5.74, 6) is 0.423. The first-order valence-corrected chi connectivity index (χ1v) is 6.36. The Labute approximate surface area is 102 Å². The Hall–Kier alpha value is -0.900. The third kappa shape index (κ3) is 3.28. The maximum atomic E-state index is 9.23. The summed E-state index contributed by atoms with van der Waals surface area (Å²) in [4.78, 5) is 0. The largest absolute Gasteiger partial charge is 0.396 e. The summed E-state index contributed by atoms with van der Waals surface area (Å²) in [5.41, 5.74) is 2.17. The van der Waals surface area contributed by atoms with E-state index in [1.165, 1.54) is 18.4 Å². The minimum absolute atomic E-state index is 0.100. The van der Waals surface area contributed by atoms with Crippen LogP contribution in [0.15, 0.2) is 24.3 Å². The van der Waals surface area contributed by atoms with Crippen molar-refractivity contribution < 1.29 is 10.2 Å². The number of nitrogens with one attached hydrogen (secondary N) is 1. The van der Waals surface area contributed by atoms with Crippen LogP contribution in [-0.2, 0) is 13.2 Å². The van der Waals surface area contributed by atoms with E-state index < -0.39 is 0 Å². The quantitative estimate of drug-likeness (QED) is 0.723. The molecule has 0 amide bonds. The van der Waals surface area contributed by atoms with Gasteiger partial charge in [-0.3, -0.25) is 0 Å². The molecule has 1 aliphatic rings. The fourth-order valence-corrected chi connectivity index (χ4v) is 2.54. The van der Waals surface area contributed by atoms with Gasteiger partial charge in [-0.25, -0.2) is 0 Å². The highest BCUT2D eigenvalue weighted by molar-refractivity contribution is 5.21. The first-order valence-electron chi connectivity index (χ1n) is 6.36. The Morgan fingerprint density at radius 3 is 2.41 bits per heavy atom. The molecule has 1 aliphatic carbocycles. The van der Waals surface area contributed by atoms with E-state index in [2.05, 4.69) is 5.32 Å². The van der Waals surface area contributed by atoms with Crippen molar-refractivity contribution in [2.75, 3.05) is 6.61 Å². The smallest absolute Gasteiger partial charge is 0.0681 e. The third-order valence-corrected chi connectivity index (χ3v) is 3.67. The highest BCUT2D eigenvalue weighted by Crippen LogP contribution is 2.25. The minimum atomic E-state index is 0.100. The van der Waals surface area contributed by atoms with Crippen LogP contribution in [-0.4, -0.2) is 22.9 Å². The fourth-order valence-electron chi connectivity index (χ4n) is 2.54. The molecule has 1 aromatic carbocycles. The zero-order valence-corrected chi connectivity index (χ0v) is 10.1. The molecule has 1 fully saturated rings. The predicted molar refractivity (Wildman–Crippen MR) is 67.4 cm³/mol. The van der Waals surface area contributed by atoms with Crippen LogP contribution < -0.4 is 5.32 Å². The van der Waals surface area contributed by atoms with Crippen LogP contribution >= 0.6 is 0 Å². The Bertz CT molecular complexity index is 337. The molecule has 0 bridgehead atoms. The number of hydrogen-bond acceptors (Lipinski definition) is 3. The van der Waals surface area contributed by atoms with Gasteiger partial charge >= 0.3 is 0 Å². The zero-order chi connectivity index (χ0) is 12.1. The molecule has 0 radical (unpaired) electrons. The van der Waals surface area contributed by atoms with Crippen LogP contribution in [0.3, 0.4) is 0 Å². The van der Waals surface area contributed by atoms with Crippen LogP contribution in [0, 0.1) is 5.92 Å². The molecule has 3 nitrogen and oxygen atoms in total. The topological polar surface area (TPSA) is 52.5 Å². The monoisotopic (exact) mass is 235 g/mol. The van der Waals surface area contributed by atoms with Gasteiger partial charge in [-0.05, 0) is 29.9 Å². The Morgan fingerprint density at radius 2 is 1.76 bits per heavy atom. The van der Waals surface area contributed by atoms with E-state index in [1.54, 1.807) is 0 Å². The molecule has 3 heteroatoms. The molecule has 2 rings (SSSR count). The lowest BCUT2D eigenvalue weighted by Crippen LogP contribution is -2.33. The number of rotatable bonds is 5. The molecule has 1 saturated carbocycles. The van der Waals surface area contributed by atoms with E-state index in [1.807, 2.05) is 24.3 Å². The lowest BCUT2D eigenvalue weighted by atomic mass is 10.0. The summed E-state index contributed by atoms with van der Waals surface area (Å²) in [6, 6.07) is 8.45. The zero-order valence-electron chi connectivity index (χ0n) is 10.1. The first kappa shape index (κ1) is 12.6. The van der Waals surface area contributed by atoms with Crippen LogP contribution in [0.5, 0.6) is 0 Å². The summed E-state index contributed by atoms with van der Waals surface area (Å²) in [6.45, 7) is 1.23. The molecule has 17 heavy (non-hydrogen) atoms. The van der Waals surface area contributed by atoms with Gasteiger partial charge in [-0.1, -0.05) is 30.7 Å². The van der Waals surface area contributed by atoms with Gasteiger partial charge in [-0.2, -0.15) is 0 Å². The van der Waals surface area contributed by atoms with Crippen molar-refractivity contribution in [2.24, 2.45) is 5.92 Å². The maximum Gasteiger partial charge on any atom is 0.0681 e. The highest BCUT2D eigenvalue weighted by atomic mass is 16.3. The SMILES string of the molecule is OCc1ccc(CNC2CCCC2CO)cc1. The van der Waals surface area contributed by atoms with Crippen molar-refractivity contribution in [2.45, 2.75) is 38.5 Å². The molecule has 0 aliphatic heterocycles. The summed E-state index contributed by atoms with van der Waals surface area (Å²) in [5, 5.41) is 21.7. The van der Waals surface area contributed by atoms with Crippen molar-refractivity contribution in [3.63, 3.8) is 0 Å². The van der Waals surface area contributed by atoms with Crippen molar-refractivity contribution in [3.8, 4) is 0 Å². The van der Waals surface area contributed by atoms with Crippen LogP contribution in [0.1, 0.15) is 30.4 Å². The Kier molecular flexibility index (Phi) is 4.54. The fraction of sp³-hybridized carbons (Fsp3) is 0.571. The second kappa shape index (κ2) is 6.15. The van der Waals surface area contributed by atoms with E-state index in [4.69, 9.17) is 5.11 Å². The van der Waals surface area contributed by atoms with Gasteiger partial charge in [0.05, 0.1) is 6.61 Å². The predicted octanol–water partition coefficient (Wildman–Crippen LogP) is 1.43. The van der Waals surface area contributed by atoms with Gasteiger partial charge in [0.2, 0.25) is 0 Å². The molecule has 0 spiro atoms. The molecule has 0 heterocycles. The molecular weight excluding hydrogens is 214 g/mol. The Balaban J connectivity index is 1.84. The molecule has 0 saturated heterocycles. The molecule has 2 atom stereocenters. The second-order valence-corrected chi connectivity index (χ2v) is 4.84. The van der Waals surface area contributed by atoms with Crippen LogP contribution in [0.4, 0.5) is 0 Å². The summed E-state index contributed by atoms with van der Waals surface area (Å²) in [6.07, 6.45) is 3.52. The summed E-state index contributed by atoms with van der Waals surface area (Å²) >= 11 is 0. The highest BCUT2D eigenvalue weighted by Gasteiger charge is 2.25. The van der Waals surface area contributed by atoms with Gasteiger partial charge in [0.25, 0.3) is 0 Å². The maximum absolute atomic E-state index is 9.23. The normalized spacial score (nSPS) is 24.1. The molecule has 1 aromatic rings. The van der Waals surface area contributed by atoms with E-state index in [9.17, 15) is 5.11 Å². The first-order chi connectivity index (χ1) is 8.33. The number of aliphatic hydroxyl groups is 2. The number of hydrogen-bond donors (Lipinski definition) is 3. The van der Waals surface area contributed by atoms with Crippen LogP contribution in [0.25, 0.3) is 0 Å². The number of benzene rings is 1. The standard InChI is InChI=1S/C14H21NO2/c16-9-12-6-4-11(5-7-12)8-15-14-3-1-2-13(14)10-17/h4-7,13-17H,1-3,8-10H2. The Morgan fingerprint density at radius 1 is 1.06 bits per heavy atom. The molecule has 94 valence electrons. The molecule has 0 aromatic heterocycles. The van der Waals surface area contributed by atoms with Gasteiger partial charge in [0.1, 0.15) is 0 Å².